The molecule has 0 aliphatic carbocycles. The summed E-state index contributed by atoms with van der Waals surface area (Å²) in [6.07, 6.45) is 4.09. The van der Waals surface area contributed by atoms with Crippen LogP contribution in [-0.4, -0.2) is 17.4 Å². The van der Waals surface area contributed by atoms with E-state index in [1.165, 1.54) is 0 Å². The normalized spacial score (nSPS) is 12.5. The molecule has 2 nitrogen and oxygen atoms in total. The highest BCUT2D eigenvalue weighted by molar-refractivity contribution is 9.10. The third-order valence-corrected chi connectivity index (χ3v) is 3.17. The Morgan fingerprint density at radius 2 is 2.33 bits per heavy atom. The molecule has 0 amide bonds. The molecule has 1 unspecified atom stereocenters. The summed E-state index contributed by atoms with van der Waals surface area (Å²) in [5.41, 5.74) is 0. The number of nitrogens with zero attached hydrogens (tertiary/aromatic N) is 1. The number of hydrogen-bond acceptors (Lipinski definition) is 2. The number of aromatic nitrogens is 1. The van der Waals surface area contributed by atoms with Crippen LogP contribution in [-0.2, 0) is 0 Å². The molecule has 0 aliphatic heterocycles. The van der Waals surface area contributed by atoms with Crippen LogP contribution in [0.5, 0.6) is 0 Å². The molecule has 0 saturated heterocycles. The van der Waals surface area contributed by atoms with E-state index >= 15 is 0 Å². The standard InChI is InChI=1S/C11H16BrClN2/c1-9(7-13)3-2-6-14-11-5-4-10(12)8-15-11/h4-5,8-9H,2-3,6-7H2,1H3,(H,14,15). The summed E-state index contributed by atoms with van der Waals surface area (Å²) in [4.78, 5) is 4.23. The largest absolute Gasteiger partial charge is 0.370 e. The first-order valence-corrected chi connectivity index (χ1v) is 6.46. The predicted octanol–water partition coefficient (Wildman–Crippen LogP) is 3.91. The summed E-state index contributed by atoms with van der Waals surface area (Å²) in [6, 6.07) is 3.95. The summed E-state index contributed by atoms with van der Waals surface area (Å²) in [5.74, 6) is 2.28. The Bertz CT molecular complexity index is 276. The maximum Gasteiger partial charge on any atom is 0.125 e. The summed E-state index contributed by atoms with van der Waals surface area (Å²) >= 11 is 9.08. The van der Waals surface area contributed by atoms with Gasteiger partial charge in [0.1, 0.15) is 5.82 Å². The monoisotopic (exact) mass is 290 g/mol. The Morgan fingerprint density at radius 3 is 2.93 bits per heavy atom. The maximum absolute atomic E-state index is 5.73. The zero-order valence-corrected chi connectivity index (χ0v) is 11.2. The lowest BCUT2D eigenvalue weighted by Crippen LogP contribution is -2.05. The van der Waals surface area contributed by atoms with Gasteiger partial charge in [-0.15, -0.1) is 11.6 Å². The molecule has 0 aliphatic rings. The summed E-state index contributed by atoms with van der Waals surface area (Å²) in [5, 5.41) is 3.28. The second-order valence-corrected chi connectivity index (χ2v) is 4.91. The van der Waals surface area contributed by atoms with E-state index in [2.05, 4.69) is 33.2 Å². The molecule has 0 spiro atoms. The molecule has 1 atom stereocenters. The molecular weight excluding hydrogens is 275 g/mol. The van der Waals surface area contributed by atoms with Crippen LogP contribution in [0.3, 0.4) is 0 Å². The molecule has 1 rings (SSSR count). The lowest BCUT2D eigenvalue weighted by atomic mass is 10.1. The van der Waals surface area contributed by atoms with Crippen molar-refractivity contribution in [2.45, 2.75) is 19.8 Å². The van der Waals surface area contributed by atoms with Crippen LogP contribution in [0.2, 0.25) is 0 Å². The third-order valence-electron chi connectivity index (χ3n) is 2.17. The number of pyridine rings is 1. The zero-order valence-electron chi connectivity index (χ0n) is 8.84. The Balaban J connectivity index is 2.17. The molecule has 15 heavy (non-hydrogen) atoms. The van der Waals surface area contributed by atoms with Crippen molar-refractivity contribution in [3.05, 3.63) is 22.8 Å². The van der Waals surface area contributed by atoms with E-state index in [-0.39, 0.29) is 0 Å². The van der Waals surface area contributed by atoms with Gasteiger partial charge in [0.25, 0.3) is 0 Å². The number of hydrogen-bond donors (Lipinski definition) is 1. The molecule has 1 aromatic heterocycles. The van der Waals surface area contributed by atoms with Crippen molar-refractivity contribution in [3.8, 4) is 0 Å². The van der Waals surface area contributed by atoms with Crippen molar-refractivity contribution in [2.75, 3.05) is 17.7 Å². The van der Waals surface area contributed by atoms with E-state index in [0.717, 1.165) is 35.6 Å². The van der Waals surface area contributed by atoms with Gasteiger partial charge in [0, 0.05) is 23.1 Å². The first-order chi connectivity index (χ1) is 7.22. The van der Waals surface area contributed by atoms with Crippen LogP contribution in [0, 0.1) is 5.92 Å². The van der Waals surface area contributed by atoms with Crippen LogP contribution in [0.1, 0.15) is 19.8 Å². The molecule has 0 aromatic carbocycles. The average molecular weight is 292 g/mol. The Kier molecular flexibility index (Phi) is 6.03. The van der Waals surface area contributed by atoms with E-state index in [9.17, 15) is 0 Å². The van der Waals surface area contributed by atoms with Gasteiger partial charge < -0.3 is 5.32 Å². The second kappa shape index (κ2) is 7.07. The van der Waals surface area contributed by atoms with Gasteiger partial charge in [-0.3, -0.25) is 0 Å². The van der Waals surface area contributed by atoms with Gasteiger partial charge in [-0.2, -0.15) is 0 Å². The number of alkyl halides is 1. The first kappa shape index (κ1) is 12.8. The Morgan fingerprint density at radius 1 is 1.53 bits per heavy atom. The smallest absolute Gasteiger partial charge is 0.125 e. The van der Waals surface area contributed by atoms with Gasteiger partial charge in [0.2, 0.25) is 0 Å². The number of rotatable bonds is 6. The molecule has 4 heteroatoms. The quantitative estimate of drug-likeness (QED) is 0.635. The fourth-order valence-electron chi connectivity index (χ4n) is 1.22. The van der Waals surface area contributed by atoms with Crippen LogP contribution in [0.25, 0.3) is 0 Å². The maximum atomic E-state index is 5.73. The number of anilines is 1. The fraction of sp³-hybridized carbons (Fsp3) is 0.545. The lowest BCUT2D eigenvalue weighted by molar-refractivity contribution is 0.572. The van der Waals surface area contributed by atoms with Crippen molar-refractivity contribution in [2.24, 2.45) is 5.92 Å². The minimum Gasteiger partial charge on any atom is -0.370 e. The molecule has 0 saturated carbocycles. The van der Waals surface area contributed by atoms with E-state index in [1.54, 1.807) is 6.20 Å². The molecule has 0 bridgehead atoms. The van der Waals surface area contributed by atoms with Crippen LogP contribution < -0.4 is 5.32 Å². The molecule has 1 heterocycles. The first-order valence-electron chi connectivity index (χ1n) is 5.13. The number of halogens is 2. The van der Waals surface area contributed by atoms with Gasteiger partial charge in [-0.25, -0.2) is 4.98 Å². The SMILES string of the molecule is CC(CCl)CCCNc1ccc(Br)cn1. The van der Waals surface area contributed by atoms with Crippen molar-refractivity contribution in [1.82, 2.24) is 4.98 Å². The molecular formula is C11H16BrClN2. The van der Waals surface area contributed by atoms with Crippen molar-refractivity contribution in [1.29, 1.82) is 0 Å². The fourth-order valence-corrected chi connectivity index (χ4v) is 1.61. The summed E-state index contributed by atoms with van der Waals surface area (Å²) in [6.45, 7) is 3.13. The highest BCUT2D eigenvalue weighted by Crippen LogP contribution is 2.11. The van der Waals surface area contributed by atoms with E-state index in [0.29, 0.717) is 5.92 Å². The number of nitrogens with one attached hydrogen (secondary N) is 1. The molecule has 84 valence electrons. The average Bonchev–Trinajstić information content (AvgIpc) is 2.26. The lowest BCUT2D eigenvalue weighted by Gasteiger charge is -2.08. The van der Waals surface area contributed by atoms with Gasteiger partial charge in [-0.1, -0.05) is 6.92 Å². The molecule has 0 radical (unpaired) electrons. The predicted molar refractivity (Wildman–Crippen MR) is 69.5 cm³/mol. The van der Waals surface area contributed by atoms with Crippen LogP contribution in [0.15, 0.2) is 22.8 Å². The van der Waals surface area contributed by atoms with Crippen molar-refractivity contribution >= 4 is 33.3 Å². The third kappa shape index (κ3) is 5.38. The molecule has 0 fully saturated rings. The van der Waals surface area contributed by atoms with Crippen molar-refractivity contribution < 1.29 is 0 Å². The highest BCUT2D eigenvalue weighted by Gasteiger charge is 1.99. The van der Waals surface area contributed by atoms with E-state index < -0.39 is 0 Å². The second-order valence-electron chi connectivity index (χ2n) is 3.69. The summed E-state index contributed by atoms with van der Waals surface area (Å²) in [7, 11) is 0. The van der Waals surface area contributed by atoms with Crippen molar-refractivity contribution in [3.63, 3.8) is 0 Å². The van der Waals surface area contributed by atoms with E-state index in [1.807, 2.05) is 12.1 Å². The minimum atomic E-state index is 0.603. The highest BCUT2D eigenvalue weighted by atomic mass is 79.9. The Labute approximate surface area is 105 Å². The summed E-state index contributed by atoms with van der Waals surface area (Å²) < 4.78 is 1.00. The Hall–Kier alpha value is -0.280. The van der Waals surface area contributed by atoms with Gasteiger partial charge in [0.05, 0.1) is 0 Å². The van der Waals surface area contributed by atoms with Gasteiger partial charge >= 0.3 is 0 Å². The topological polar surface area (TPSA) is 24.9 Å². The van der Waals surface area contributed by atoms with Crippen LogP contribution >= 0.6 is 27.5 Å². The van der Waals surface area contributed by atoms with Crippen LogP contribution in [0.4, 0.5) is 5.82 Å². The van der Waals surface area contributed by atoms with Gasteiger partial charge in [0.15, 0.2) is 0 Å². The molecule has 1 N–H and O–H groups in total. The minimum absolute atomic E-state index is 0.603. The zero-order chi connectivity index (χ0) is 11.1. The van der Waals surface area contributed by atoms with Gasteiger partial charge in [-0.05, 0) is 46.8 Å². The van der Waals surface area contributed by atoms with E-state index in [4.69, 9.17) is 11.6 Å². The molecule has 1 aromatic rings.